The van der Waals surface area contributed by atoms with Gasteiger partial charge in [-0.1, -0.05) is 48.5 Å². The number of hydrogen-bond donors (Lipinski definition) is 0. The molecule has 1 amide bonds. The van der Waals surface area contributed by atoms with Crippen molar-refractivity contribution in [3.63, 3.8) is 0 Å². The lowest BCUT2D eigenvalue weighted by Crippen LogP contribution is -2.41. The third-order valence-corrected chi connectivity index (χ3v) is 5.45. The molecule has 1 aliphatic rings. The first kappa shape index (κ1) is 20.1. The Bertz CT molecular complexity index is 962. The molecule has 0 saturated carbocycles. The van der Waals surface area contributed by atoms with Gasteiger partial charge in [-0.05, 0) is 36.2 Å². The molecule has 0 saturated heterocycles. The second-order valence-corrected chi connectivity index (χ2v) is 7.56. The summed E-state index contributed by atoms with van der Waals surface area (Å²) < 4.78 is 6.36. The number of pyridine rings is 1. The number of carbonyl (C=O) groups is 1. The molecular formula is C25H27N3O2. The van der Waals surface area contributed by atoms with E-state index in [2.05, 4.69) is 28.1 Å². The molecule has 154 valence electrons. The van der Waals surface area contributed by atoms with Gasteiger partial charge >= 0.3 is 0 Å². The molecule has 5 heteroatoms. The first-order chi connectivity index (χ1) is 14.7. The molecule has 1 atom stereocenters. The Hall–Kier alpha value is -3.18. The molecule has 1 aliphatic heterocycles. The molecule has 1 aromatic heterocycles. The van der Waals surface area contributed by atoms with Crippen LogP contribution in [0.4, 0.5) is 0 Å². The summed E-state index contributed by atoms with van der Waals surface area (Å²) in [5, 5.41) is 0. The van der Waals surface area contributed by atoms with E-state index in [1.54, 1.807) is 12.4 Å². The standard InChI is InChI=1S/C25H27N3O2/c1-2-28(16-20-12-14-26-15-13-20)25(29)19-27-17-22-10-6-7-11-23(22)30-24(18-27)21-8-4-3-5-9-21/h3-15,24H,2,16-19H2,1H3/t24-/m1/s1. The molecule has 0 unspecified atom stereocenters. The maximum Gasteiger partial charge on any atom is 0.237 e. The smallest absolute Gasteiger partial charge is 0.237 e. The molecule has 0 N–H and O–H groups in total. The second kappa shape index (κ2) is 9.55. The Morgan fingerprint density at radius 3 is 2.57 bits per heavy atom. The van der Waals surface area contributed by atoms with Crippen molar-refractivity contribution >= 4 is 5.91 Å². The Kier molecular flexibility index (Phi) is 6.40. The fourth-order valence-corrected chi connectivity index (χ4v) is 3.82. The van der Waals surface area contributed by atoms with Crippen LogP contribution in [-0.2, 0) is 17.9 Å². The van der Waals surface area contributed by atoms with E-state index in [0.717, 1.165) is 22.4 Å². The number of rotatable bonds is 6. The predicted octanol–water partition coefficient (Wildman–Crippen LogP) is 4.07. The number of likely N-dealkylation sites (N-methyl/N-ethyl adjacent to an activating group) is 1. The van der Waals surface area contributed by atoms with Crippen LogP contribution in [0.1, 0.15) is 29.7 Å². The summed E-state index contributed by atoms with van der Waals surface area (Å²) in [6.07, 6.45) is 3.42. The monoisotopic (exact) mass is 401 g/mol. The van der Waals surface area contributed by atoms with Gasteiger partial charge in [-0.15, -0.1) is 0 Å². The van der Waals surface area contributed by atoms with Crippen LogP contribution in [0.25, 0.3) is 0 Å². The van der Waals surface area contributed by atoms with Gasteiger partial charge in [0.25, 0.3) is 0 Å². The van der Waals surface area contributed by atoms with E-state index in [1.165, 1.54) is 0 Å². The van der Waals surface area contributed by atoms with Gasteiger partial charge in [0.05, 0.1) is 6.54 Å². The van der Waals surface area contributed by atoms with Crippen LogP contribution in [0.3, 0.4) is 0 Å². The molecule has 0 aliphatic carbocycles. The van der Waals surface area contributed by atoms with Crippen molar-refractivity contribution in [3.8, 4) is 5.75 Å². The summed E-state index contributed by atoms with van der Waals surface area (Å²) in [5.41, 5.74) is 3.32. The number of hydrogen-bond acceptors (Lipinski definition) is 4. The van der Waals surface area contributed by atoms with E-state index in [4.69, 9.17) is 4.74 Å². The highest BCUT2D eigenvalue weighted by molar-refractivity contribution is 5.78. The number of benzene rings is 2. The zero-order valence-corrected chi connectivity index (χ0v) is 17.3. The lowest BCUT2D eigenvalue weighted by Gasteiger charge is -2.27. The SMILES string of the molecule is CCN(Cc1ccncc1)C(=O)CN1Cc2ccccc2O[C@@H](c2ccccc2)C1. The summed E-state index contributed by atoms with van der Waals surface area (Å²) in [6, 6.07) is 22.2. The van der Waals surface area contributed by atoms with Crippen LogP contribution >= 0.6 is 0 Å². The van der Waals surface area contributed by atoms with Crippen LogP contribution in [0, 0.1) is 0 Å². The number of amides is 1. The molecule has 2 aromatic carbocycles. The first-order valence-corrected chi connectivity index (χ1v) is 10.4. The van der Waals surface area contributed by atoms with E-state index in [0.29, 0.717) is 32.7 Å². The molecule has 0 fully saturated rings. The van der Waals surface area contributed by atoms with Gasteiger partial charge in [-0.3, -0.25) is 14.7 Å². The van der Waals surface area contributed by atoms with E-state index in [-0.39, 0.29) is 12.0 Å². The highest BCUT2D eigenvalue weighted by Crippen LogP contribution is 2.31. The van der Waals surface area contributed by atoms with Crippen LogP contribution < -0.4 is 4.74 Å². The molecular weight excluding hydrogens is 374 g/mol. The number of aromatic nitrogens is 1. The average molecular weight is 402 g/mol. The minimum atomic E-state index is -0.113. The van der Waals surface area contributed by atoms with Gasteiger partial charge in [-0.2, -0.15) is 0 Å². The lowest BCUT2D eigenvalue weighted by atomic mass is 10.1. The van der Waals surface area contributed by atoms with Gasteiger partial charge in [0.2, 0.25) is 5.91 Å². The maximum atomic E-state index is 13.1. The Morgan fingerprint density at radius 1 is 1.07 bits per heavy atom. The van der Waals surface area contributed by atoms with Crippen molar-refractivity contribution in [1.82, 2.24) is 14.8 Å². The van der Waals surface area contributed by atoms with E-state index in [9.17, 15) is 4.79 Å². The van der Waals surface area contributed by atoms with Crippen molar-refractivity contribution in [2.24, 2.45) is 0 Å². The number of carbonyl (C=O) groups excluding carboxylic acids is 1. The van der Waals surface area contributed by atoms with Crippen LogP contribution in [-0.4, -0.2) is 40.3 Å². The number of ether oxygens (including phenoxy) is 1. The maximum absolute atomic E-state index is 13.1. The Labute approximate surface area is 177 Å². The zero-order chi connectivity index (χ0) is 20.8. The van der Waals surface area contributed by atoms with Crippen LogP contribution in [0.5, 0.6) is 5.75 Å². The van der Waals surface area contributed by atoms with Crippen molar-refractivity contribution in [3.05, 3.63) is 95.8 Å². The average Bonchev–Trinajstić information content (AvgIpc) is 2.97. The largest absolute Gasteiger partial charge is 0.484 e. The van der Waals surface area contributed by atoms with Crippen LogP contribution in [0.2, 0.25) is 0 Å². The topological polar surface area (TPSA) is 45.7 Å². The van der Waals surface area contributed by atoms with Crippen molar-refractivity contribution in [2.75, 3.05) is 19.6 Å². The van der Waals surface area contributed by atoms with E-state index in [1.807, 2.05) is 60.4 Å². The summed E-state index contributed by atoms with van der Waals surface area (Å²) >= 11 is 0. The Balaban J connectivity index is 1.52. The second-order valence-electron chi connectivity index (χ2n) is 7.56. The number of para-hydroxylation sites is 1. The molecule has 5 nitrogen and oxygen atoms in total. The quantitative estimate of drug-likeness (QED) is 0.625. The van der Waals surface area contributed by atoms with Gasteiger partial charge in [0.15, 0.2) is 0 Å². The van der Waals surface area contributed by atoms with Crippen molar-refractivity contribution < 1.29 is 9.53 Å². The summed E-state index contributed by atoms with van der Waals surface area (Å²) in [4.78, 5) is 21.3. The van der Waals surface area contributed by atoms with Gasteiger partial charge in [0.1, 0.15) is 11.9 Å². The minimum absolute atomic E-state index is 0.113. The number of nitrogens with zero attached hydrogens (tertiary/aromatic N) is 3. The zero-order valence-electron chi connectivity index (χ0n) is 17.3. The molecule has 0 bridgehead atoms. The molecule has 4 rings (SSSR count). The van der Waals surface area contributed by atoms with Crippen molar-refractivity contribution in [1.29, 1.82) is 0 Å². The summed E-state index contributed by atoms with van der Waals surface area (Å²) in [5.74, 6) is 1.02. The van der Waals surface area contributed by atoms with Gasteiger partial charge in [-0.25, -0.2) is 0 Å². The molecule has 0 radical (unpaired) electrons. The molecule has 3 aromatic rings. The third kappa shape index (κ3) is 4.86. The van der Waals surface area contributed by atoms with E-state index >= 15 is 0 Å². The van der Waals surface area contributed by atoms with Crippen LogP contribution in [0.15, 0.2) is 79.1 Å². The van der Waals surface area contributed by atoms with Gasteiger partial charge in [0, 0.05) is 44.1 Å². The summed E-state index contributed by atoms with van der Waals surface area (Å²) in [7, 11) is 0. The predicted molar refractivity (Wildman–Crippen MR) is 117 cm³/mol. The first-order valence-electron chi connectivity index (χ1n) is 10.4. The third-order valence-electron chi connectivity index (χ3n) is 5.45. The Morgan fingerprint density at radius 2 is 1.80 bits per heavy atom. The number of fused-ring (bicyclic) bond motifs is 1. The fraction of sp³-hybridized carbons (Fsp3) is 0.280. The lowest BCUT2D eigenvalue weighted by molar-refractivity contribution is -0.133. The minimum Gasteiger partial charge on any atom is -0.484 e. The molecule has 2 heterocycles. The van der Waals surface area contributed by atoms with E-state index < -0.39 is 0 Å². The van der Waals surface area contributed by atoms with Gasteiger partial charge < -0.3 is 9.64 Å². The highest BCUT2D eigenvalue weighted by Gasteiger charge is 2.26. The normalized spacial score (nSPS) is 16.2. The molecule has 0 spiro atoms. The summed E-state index contributed by atoms with van der Waals surface area (Å²) in [6.45, 7) is 5.01. The van der Waals surface area contributed by atoms with Crippen molar-refractivity contribution in [2.45, 2.75) is 26.1 Å². The highest BCUT2D eigenvalue weighted by atomic mass is 16.5. The molecule has 30 heavy (non-hydrogen) atoms. The fourth-order valence-electron chi connectivity index (χ4n) is 3.82.